The van der Waals surface area contributed by atoms with Gasteiger partial charge in [0.15, 0.2) is 0 Å². The molecular weight excluding hydrogens is 438 g/mol. The van der Waals surface area contributed by atoms with Crippen LogP contribution in [0.25, 0.3) is 0 Å². The number of hydrogen-bond donors (Lipinski definition) is 3. The Bertz CT molecular complexity index is 1150. The molecule has 0 saturated carbocycles. The Labute approximate surface area is 184 Å². The van der Waals surface area contributed by atoms with Crippen molar-refractivity contribution in [3.05, 3.63) is 76.5 Å². The molecule has 0 aliphatic carbocycles. The second kappa shape index (κ2) is 10.1. The van der Waals surface area contributed by atoms with Crippen LogP contribution in [0.1, 0.15) is 15.9 Å². The van der Waals surface area contributed by atoms with Gasteiger partial charge in [-0.25, -0.2) is 8.42 Å². The fourth-order valence-electron chi connectivity index (χ4n) is 2.63. The van der Waals surface area contributed by atoms with E-state index in [1.807, 2.05) is 16.8 Å². The molecule has 0 unspecified atom stereocenters. The maximum atomic E-state index is 12.9. The van der Waals surface area contributed by atoms with E-state index in [1.54, 1.807) is 41.7 Å². The molecule has 3 rings (SSSR count). The predicted octanol–water partition coefficient (Wildman–Crippen LogP) is 3.06. The number of ether oxygens (including phenoxy) is 1. The van der Waals surface area contributed by atoms with Gasteiger partial charge in [0.2, 0.25) is 0 Å². The van der Waals surface area contributed by atoms with Crippen molar-refractivity contribution in [1.82, 2.24) is 5.32 Å². The molecule has 3 aromatic rings. The molecule has 162 valence electrons. The van der Waals surface area contributed by atoms with Gasteiger partial charge in [-0.15, -0.1) is 0 Å². The first-order chi connectivity index (χ1) is 14.9. The molecule has 8 nitrogen and oxygen atoms in total. The first kappa shape index (κ1) is 22.3. The van der Waals surface area contributed by atoms with Crippen LogP contribution in [0.5, 0.6) is 0 Å². The SMILES string of the molecule is COC(=O)CNC(=O)c1cc(NCc2ccsc2)cc(S(=O)(=O)Nc2ccccc2)c1. The van der Waals surface area contributed by atoms with Gasteiger partial charge in [-0.05, 0) is 52.7 Å². The fraction of sp³-hybridized carbons (Fsp3) is 0.143. The van der Waals surface area contributed by atoms with Crippen molar-refractivity contribution in [2.24, 2.45) is 0 Å². The summed E-state index contributed by atoms with van der Waals surface area (Å²) < 4.78 is 32.9. The number of rotatable bonds is 9. The monoisotopic (exact) mass is 459 g/mol. The molecular formula is C21H21N3O5S2. The van der Waals surface area contributed by atoms with Crippen molar-refractivity contribution in [3.63, 3.8) is 0 Å². The number of sulfonamides is 1. The summed E-state index contributed by atoms with van der Waals surface area (Å²) in [6.07, 6.45) is 0. The number of methoxy groups -OCH3 is 1. The van der Waals surface area contributed by atoms with Crippen LogP contribution < -0.4 is 15.4 Å². The van der Waals surface area contributed by atoms with Gasteiger partial charge in [-0.2, -0.15) is 11.3 Å². The second-order valence-corrected chi connectivity index (χ2v) is 8.92. The zero-order valence-corrected chi connectivity index (χ0v) is 18.3. The quantitative estimate of drug-likeness (QED) is 0.424. The summed E-state index contributed by atoms with van der Waals surface area (Å²) in [6, 6.07) is 14.6. The number of anilines is 2. The number of esters is 1. The van der Waals surface area contributed by atoms with Crippen molar-refractivity contribution in [2.45, 2.75) is 11.4 Å². The number of carbonyl (C=O) groups is 2. The zero-order chi connectivity index (χ0) is 22.3. The average molecular weight is 460 g/mol. The lowest BCUT2D eigenvalue weighted by atomic mass is 10.2. The van der Waals surface area contributed by atoms with Crippen molar-refractivity contribution < 1.29 is 22.7 Å². The molecule has 0 aliphatic heterocycles. The highest BCUT2D eigenvalue weighted by molar-refractivity contribution is 7.92. The van der Waals surface area contributed by atoms with Crippen LogP contribution in [0.2, 0.25) is 0 Å². The van der Waals surface area contributed by atoms with Gasteiger partial charge in [0.25, 0.3) is 15.9 Å². The lowest BCUT2D eigenvalue weighted by Gasteiger charge is -2.13. The summed E-state index contributed by atoms with van der Waals surface area (Å²) >= 11 is 1.55. The van der Waals surface area contributed by atoms with Crippen LogP contribution in [-0.4, -0.2) is 33.9 Å². The minimum Gasteiger partial charge on any atom is -0.468 e. The van der Waals surface area contributed by atoms with Crippen LogP contribution in [0, 0.1) is 0 Å². The second-order valence-electron chi connectivity index (χ2n) is 6.46. The molecule has 0 aliphatic rings. The molecule has 0 spiro atoms. The zero-order valence-electron chi connectivity index (χ0n) is 16.6. The third kappa shape index (κ3) is 6.30. The molecule has 1 amide bonds. The van der Waals surface area contributed by atoms with Gasteiger partial charge in [0.05, 0.1) is 12.0 Å². The third-order valence-corrected chi connectivity index (χ3v) is 6.30. The Morgan fingerprint density at radius 2 is 1.81 bits per heavy atom. The summed E-state index contributed by atoms with van der Waals surface area (Å²) in [7, 11) is -2.75. The summed E-state index contributed by atoms with van der Waals surface area (Å²) in [5, 5.41) is 9.46. The normalized spacial score (nSPS) is 10.9. The van der Waals surface area contributed by atoms with Crippen molar-refractivity contribution in [1.29, 1.82) is 0 Å². The van der Waals surface area contributed by atoms with E-state index in [9.17, 15) is 18.0 Å². The number of nitrogens with one attached hydrogen (secondary N) is 3. The molecule has 0 atom stereocenters. The highest BCUT2D eigenvalue weighted by atomic mass is 32.2. The molecule has 10 heteroatoms. The summed E-state index contributed by atoms with van der Waals surface area (Å²) in [6.45, 7) is 0.134. The first-order valence-corrected chi connectivity index (χ1v) is 11.6. The van der Waals surface area contributed by atoms with E-state index in [0.717, 1.165) is 5.56 Å². The molecule has 1 heterocycles. The van der Waals surface area contributed by atoms with E-state index in [-0.39, 0.29) is 17.0 Å². The number of benzene rings is 2. The van der Waals surface area contributed by atoms with Crippen LogP contribution in [0.4, 0.5) is 11.4 Å². The Morgan fingerprint density at radius 1 is 1.03 bits per heavy atom. The largest absolute Gasteiger partial charge is 0.468 e. The van der Waals surface area contributed by atoms with Crippen LogP contribution in [-0.2, 0) is 26.1 Å². The summed E-state index contributed by atoms with van der Waals surface area (Å²) in [4.78, 5) is 23.8. The number of carbonyl (C=O) groups excluding carboxylic acids is 2. The van der Waals surface area contributed by atoms with Gasteiger partial charge >= 0.3 is 5.97 Å². The average Bonchev–Trinajstić information content (AvgIpc) is 3.29. The third-order valence-electron chi connectivity index (χ3n) is 4.20. The van der Waals surface area contributed by atoms with E-state index < -0.39 is 21.9 Å². The summed E-state index contributed by atoms with van der Waals surface area (Å²) in [5.74, 6) is -1.21. The van der Waals surface area contributed by atoms with Gasteiger partial charge in [0, 0.05) is 23.5 Å². The minimum absolute atomic E-state index is 0.0881. The lowest BCUT2D eigenvalue weighted by Crippen LogP contribution is -2.30. The van der Waals surface area contributed by atoms with Gasteiger partial charge in [0.1, 0.15) is 6.54 Å². The molecule has 0 radical (unpaired) electrons. The van der Waals surface area contributed by atoms with Crippen molar-refractivity contribution in [2.75, 3.05) is 23.7 Å². The Hall–Kier alpha value is -3.37. The molecule has 0 fully saturated rings. The maximum absolute atomic E-state index is 12.9. The Balaban J connectivity index is 1.89. The van der Waals surface area contributed by atoms with Crippen LogP contribution >= 0.6 is 11.3 Å². The maximum Gasteiger partial charge on any atom is 0.325 e. The predicted molar refractivity (Wildman–Crippen MR) is 120 cm³/mol. The lowest BCUT2D eigenvalue weighted by molar-refractivity contribution is -0.139. The number of para-hydroxylation sites is 1. The minimum atomic E-state index is -3.96. The van der Waals surface area contributed by atoms with E-state index in [1.165, 1.54) is 25.3 Å². The molecule has 31 heavy (non-hydrogen) atoms. The smallest absolute Gasteiger partial charge is 0.325 e. The number of hydrogen-bond acceptors (Lipinski definition) is 7. The van der Waals surface area contributed by atoms with E-state index >= 15 is 0 Å². The van der Waals surface area contributed by atoms with Crippen molar-refractivity contribution >= 4 is 44.6 Å². The highest BCUT2D eigenvalue weighted by Crippen LogP contribution is 2.23. The molecule has 1 aromatic heterocycles. The van der Waals surface area contributed by atoms with Crippen molar-refractivity contribution in [3.8, 4) is 0 Å². The summed E-state index contributed by atoms with van der Waals surface area (Å²) in [5.41, 5.74) is 1.96. The number of thiophene rings is 1. The van der Waals surface area contributed by atoms with Crippen LogP contribution in [0.3, 0.4) is 0 Å². The molecule has 3 N–H and O–H groups in total. The number of amides is 1. The fourth-order valence-corrected chi connectivity index (χ4v) is 4.43. The van der Waals surface area contributed by atoms with Gasteiger partial charge < -0.3 is 15.4 Å². The molecule has 0 bridgehead atoms. The molecule has 2 aromatic carbocycles. The Kier molecular flexibility index (Phi) is 7.27. The van der Waals surface area contributed by atoms with E-state index in [2.05, 4.69) is 20.1 Å². The van der Waals surface area contributed by atoms with Gasteiger partial charge in [-0.3, -0.25) is 14.3 Å². The van der Waals surface area contributed by atoms with E-state index in [0.29, 0.717) is 17.9 Å². The standard InChI is InChI=1S/C21H21N3O5S2/c1-29-20(25)13-23-21(26)16-9-18(22-12-15-7-8-30-14-15)11-19(10-16)31(27,28)24-17-5-3-2-4-6-17/h2-11,14,22,24H,12-13H2,1H3,(H,23,26). The topological polar surface area (TPSA) is 114 Å². The van der Waals surface area contributed by atoms with Crippen LogP contribution in [0.15, 0.2) is 70.3 Å². The highest BCUT2D eigenvalue weighted by Gasteiger charge is 2.19. The molecule has 0 saturated heterocycles. The van der Waals surface area contributed by atoms with Gasteiger partial charge in [-0.1, -0.05) is 18.2 Å². The van der Waals surface area contributed by atoms with E-state index in [4.69, 9.17) is 0 Å². The Morgan fingerprint density at radius 3 is 2.48 bits per heavy atom. The first-order valence-electron chi connectivity index (χ1n) is 9.20.